The highest BCUT2D eigenvalue weighted by atomic mass is 16.5. The maximum absolute atomic E-state index is 13.0. The Morgan fingerprint density at radius 2 is 2.07 bits per heavy atom. The largest absolute Gasteiger partial charge is 0.396 e. The number of rotatable bonds is 7. The third-order valence-corrected chi connectivity index (χ3v) is 5.89. The number of nitrogens with one attached hydrogen (secondary N) is 1. The number of aliphatic hydroxyl groups is 1. The van der Waals surface area contributed by atoms with E-state index in [0.717, 1.165) is 50.0 Å². The predicted molar refractivity (Wildman–Crippen MR) is 103 cm³/mol. The molecule has 1 saturated heterocycles. The maximum Gasteiger partial charge on any atom is 0.261 e. The first-order chi connectivity index (χ1) is 13.0. The molecule has 1 amide bonds. The minimum Gasteiger partial charge on any atom is -0.396 e. The van der Waals surface area contributed by atoms with E-state index in [2.05, 4.69) is 9.88 Å². The smallest absolute Gasteiger partial charge is 0.261 e. The average molecular weight is 377 g/mol. The van der Waals surface area contributed by atoms with Gasteiger partial charge in [-0.05, 0) is 50.3 Å². The Kier molecular flexibility index (Phi) is 6.68. The van der Waals surface area contributed by atoms with Crippen molar-refractivity contribution in [3.8, 4) is 0 Å². The van der Waals surface area contributed by atoms with E-state index >= 15 is 0 Å². The summed E-state index contributed by atoms with van der Waals surface area (Å²) in [6.45, 7) is 3.36. The zero-order chi connectivity index (χ0) is 19.4. The minimum atomic E-state index is -0.290. The fourth-order valence-corrected chi connectivity index (χ4v) is 4.26. The molecule has 1 aliphatic heterocycles. The summed E-state index contributed by atoms with van der Waals surface area (Å²) in [5.74, 6) is 0.0123. The van der Waals surface area contributed by atoms with Crippen molar-refractivity contribution in [3.05, 3.63) is 33.2 Å². The highest BCUT2D eigenvalue weighted by molar-refractivity contribution is 5.94. The molecule has 3 rings (SSSR count). The van der Waals surface area contributed by atoms with Crippen molar-refractivity contribution in [3.63, 3.8) is 0 Å². The van der Waals surface area contributed by atoms with Gasteiger partial charge in [0.05, 0.1) is 6.61 Å². The van der Waals surface area contributed by atoms with Crippen LogP contribution in [-0.2, 0) is 17.6 Å². The number of methoxy groups -OCH3 is 1. The zero-order valence-electron chi connectivity index (χ0n) is 16.4. The summed E-state index contributed by atoms with van der Waals surface area (Å²) < 4.78 is 5.11. The number of carbonyl (C=O) groups excluding carboxylic acids is 1. The van der Waals surface area contributed by atoms with Gasteiger partial charge in [-0.3, -0.25) is 9.59 Å². The number of hydrogen-bond donors (Lipinski definition) is 2. The van der Waals surface area contributed by atoms with Crippen LogP contribution in [0.1, 0.15) is 34.5 Å². The molecule has 27 heavy (non-hydrogen) atoms. The Balaban J connectivity index is 1.71. The van der Waals surface area contributed by atoms with E-state index in [1.54, 1.807) is 18.1 Å². The Labute approximate surface area is 160 Å². The van der Waals surface area contributed by atoms with E-state index in [4.69, 9.17) is 4.74 Å². The number of aliphatic hydroxyl groups excluding tert-OH is 1. The standard InChI is InChI=1S/C20H31N3O4/c1-22(7-8-27-2)10-15-11-23(12-16(15)13-24)20(26)17-9-14-5-3-4-6-18(14)21-19(17)25/h9,15-16,24H,3-8,10-13H2,1-2H3,(H,21,25)/t15-,16-/m1/s1. The van der Waals surface area contributed by atoms with Crippen LogP contribution >= 0.6 is 0 Å². The summed E-state index contributed by atoms with van der Waals surface area (Å²) >= 11 is 0. The summed E-state index contributed by atoms with van der Waals surface area (Å²) in [6, 6.07) is 1.79. The van der Waals surface area contributed by atoms with Crippen molar-refractivity contribution in [1.29, 1.82) is 0 Å². The molecule has 1 aromatic rings. The van der Waals surface area contributed by atoms with Crippen LogP contribution in [-0.4, -0.2) is 79.3 Å². The third kappa shape index (κ3) is 4.59. The molecule has 0 bridgehead atoms. The summed E-state index contributed by atoms with van der Waals surface area (Å²) in [5.41, 5.74) is 2.02. The Morgan fingerprint density at radius 3 is 2.81 bits per heavy atom. The number of aryl methyl sites for hydroxylation is 2. The molecule has 0 aromatic carbocycles. The van der Waals surface area contributed by atoms with Gasteiger partial charge in [0, 0.05) is 51.5 Å². The average Bonchev–Trinajstić information content (AvgIpc) is 3.08. The van der Waals surface area contributed by atoms with Crippen LogP contribution in [0.5, 0.6) is 0 Å². The third-order valence-electron chi connectivity index (χ3n) is 5.89. The molecular weight excluding hydrogens is 346 g/mol. The second kappa shape index (κ2) is 8.99. The second-order valence-corrected chi connectivity index (χ2v) is 7.89. The lowest BCUT2D eigenvalue weighted by molar-refractivity contribution is 0.0776. The monoisotopic (exact) mass is 377 g/mol. The zero-order valence-corrected chi connectivity index (χ0v) is 16.4. The number of likely N-dealkylation sites (tertiary alicyclic amines) is 1. The fourth-order valence-electron chi connectivity index (χ4n) is 4.26. The number of pyridine rings is 1. The van der Waals surface area contributed by atoms with Gasteiger partial charge >= 0.3 is 0 Å². The van der Waals surface area contributed by atoms with Crippen LogP contribution in [0.15, 0.2) is 10.9 Å². The van der Waals surface area contributed by atoms with Crippen molar-refractivity contribution in [2.75, 3.05) is 53.6 Å². The maximum atomic E-state index is 13.0. The van der Waals surface area contributed by atoms with Crippen LogP contribution in [0.3, 0.4) is 0 Å². The fraction of sp³-hybridized carbons (Fsp3) is 0.700. The molecule has 2 N–H and O–H groups in total. The highest BCUT2D eigenvalue weighted by Gasteiger charge is 2.36. The number of aromatic amines is 1. The number of amides is 1. The van der Waals surface area contributed by atoms with E-state index in [1.807, 2.05) is 7.05 Å². The SMILES string of the molecule is COCCN(C)C[C@@H]1CN(C(=O)c2cc3c([nH]c2=O)CCCC3)C[C@@H]1CO. The number of hydrogen-bond acceptors (Lipinski definition) is 5. The molecule has 7 heteroatoms. The number of likely N-dealkylation sites (N-methyl/N-ethyl adjacent to an activating group) is 1. The van der Waals surface area contributed by atoms with E-state index in [9.17, 15) is 14.7 Å². The first-order valence-electron chi connectivity index (χ1n) is 9.86. The van der Waals surface area contributed by atoms with Crippen molar-refractivity contribution in [1.82, 2.24) is 14.8 Å². The topological polar surface area (TPSA) is 85.9 Å². The highest BCUT2D eigenvalue weighted by Crippen LogP contribution is 2.26. The number of H-pyrrole nitrogens is 1. The molecule has 1 aromatic heterocycles. The molecule has 0 unspecified atom stereocenters. The number of fused-ring (bicyclic) bond motifs is 1. The molecule has 0 radical (unpaired) electrons. The van der Waals surface area contributed by atoms with E-state index in [1.165, 1.54) is 0 Å². The van der Waals surface area contributed by atoms with Crippen molar-refractivity contribution in [2.24, 2.45) is 11.8 Å². The van der Waals surface area contributed by atoms with E-state index in [-0.39, 0.29) is 35.5 Å². The van der Waals surface area contributed by atoms with Gasteiger partial charge in [-0.2, -0.15) is 0 Å². The molecule has 2 heterocycles. The van der Waals surface area contributed by atoms with Crippen LogP contribution in [0.2, 0.25) is 0 Å². The van der Waals surface area contributed by atoms with Gasteiger partial charge in [0.15, 0.2) is 0 Å². The summed E-state index contributed by atoms with van der Waals surface area (Å²) in [5, 5.41) is 9.76. The molecule has 150 valence electrons. The molecule has 7 nitrogen and oxygen atoms in total. The summed E-state index contributed by atoms with van der Waals surface area (Å²) in [6.07, 6.45) is 3.97. The number of ether oxygens (including phenoxy) is 1. The van der Waals surface area contributed by atoms with Gasteiger partial charge in [0.1, 0.15) is 5.56 Å². The van der Waals surface area contributed by atoms with Gasteiger partial charge in [-0.25, -0.2) is 0 Å². The molecule has 1 fully saturated rings. The lowest BCUT2D eigenvalue weighted by Gasteiger charge is -2.23. The quantitative estimate of drug-likeness (QED) is 0.723. The van der Waals surface area contributed by atoms with Crippen molar-refractivity contribution in [2.45, 2.75) is 25.7 Å². The molecular formula is C20H31N3O4. The lowest BCUT2D eigenvalue weighted by Crippen LogP contribution is -2.35. The van der Waals surface area contributed by atoms with Crippen molar-refractivity contribution < 1.29 is 14.6 Å². The summed E-state index contributed by atoms with van der Waals surface area (Å²) in [7, 11) is 3.70. The molecule has 1 aliphatic carbocycles. The first-order valence-corrected chi connectivity index (χ1v) is 9.86. The van der Waals surface area contributed by atoms with Gasteiger partial charge in [0.2, 0.25) is 0 Å². The Bertz CT molecular complexity index is 718. The minimum absolute atomic E-state index is 0.0376. The Morgan fingerprint density at radius 1 is 1.33 bits per heavy atom. The number of carbonyl (C=O) groups is 1. The first kappa shape index (κ1) is 20.0. The van der Waals surface area contributed by atoms with Gasteiger partial charge in [-0.1, -0.05) is 0 Å². The van der Waals surface area contributed by atoms with Gasteiger partial charge < -0.3 is 24.6 Å². The summed E-state index contributed by atoms with van der Waals surface area (Å²) in [4.78, 5) is 32.3. The molecule has 2 aliphatic rings. The second-order valence-electron chi connectivity index (χ2n) is 7.89. The van der Waals surface area contributed by atoms with Gasteiger partial charge in [-0.15, -0.1) is 0 Å². The molecule has 0 spiro atoms. The van der Waals surface area contributed by atoms with E-state index in [0.29, 0.717) is 19.7 Å². The van der Waals surface area contributed by atoms with Crippen LogP contribution in [0, 0.1) is 11.8 Å². The van der Waals surface area contributed by atoms with Crippen LogP contribution in [0.25, 0.3) is 0 Å². The van der Waals surface area contributed by atoms with Gasteiger partial charge in [0.25, 0.3) is 11.5 Å². The van der Waals surface area contributed by atoms with E-state index < -0.39 is 0 Å². The number of nitrogens with zero attached hydrogens (tertiary/aromatic N) is 2. The predicted octanol–water partition coefficient (Wildman–Crippen LogP) is 0.512. The molecule has 2 atom stereocenters. The normalized spacial score (nSPS) is 22.3. The molecule has 0 saturated carbocycles. The van der Waals surface area contributed by atoms with Crippen LogP contribution in [0.4, 0.5) is 0 Å². The Hall–Kier alpha value is -1.70. The number of aromatic nitrogens is 1. The van der Waals surface area contributed by atoms with Crippen LogP contribution < -0.4 is 5.56 Å². The van der Waals surface area contributed by atoms with Crippen molar-refractivity contribution >= 4 is 5.91 Å². The lowest BCUT2D eigenvalue weighted by atomic mass is 9.95.